The Morgan fingerprint density at radius 2 is 0.787 bits per heavy atom. The third-order valence-electron chi connectivity index (χ3n) is 14.6. The topological polar surface area (TPSA) is 135 Å². The summed E-state index contributed by atoms with van der Waals surface area (Å²) in [5.74, 6) is 1.55. The molecule has 0 bridgehead atoms. The van der Waals surface area contributed by atoms with E-state index in [1.807, 2.05) is 0 Å². The van der Waals surface area contributed by atoms with Gasteiger partial charge in [0, 0.05) is 52.4 Å². The van der Waals surface area contributed by atoms with Crippen molar-refractivity contribution >= 4 is 18.2 Å². The highest BCUT2D eigenvalue weighted by Gasteiger charge is 2.20. The number of carbonyl (C=O) groups excluding carboxylic acids is 3. The van der Waals surface area contributed by atoms with Gasteiger partial charge in [0.25, 0.3) is 0 Å². The molecule has 0 rings (SSSR count). The Morgan fingerprint density at radius 1 is 0.427 bits per heavy atom. The summed E-state index contributed by atoms with van der Waals surface area (Å²) in [4.78, 5) is 40.2. The Labute approximate surface area is 464 Å². The number of nitrogens with zero attached hydrogens (tertiary/aromatic N) is 2. The van der Waals surface area contributed by atoms with Crippen LogP contribution < -0.4 is 0 Å². The zero-order valence-corrected chi connectivity index (χ0v) is 50.4. The van der Waals surface area contributed by atoms with Crippen LogP contribution in [-0.2, 0) is 33.3 Å². The van der Waals surface area contributed by atoms with E-state index in [9.17, 15) is 14.4 Å². The first-order valence-corrected chi connectivity index (χ1v) is 32.0. The third kappa shape index (κ3) is 55.1. The van der Waals surface area contributed by atoms with Gasteiger partial charge >= 0.3 is 11.9 Å². The predicted octanol–water partition coefficient (Wildman–Crippen LogP) is 15.9. The lowest BCUT2D eigenvalue weighted by molar-refractivity contribution is -0.149. The van der Waals surface area contributed by atoms with Crippen LogP contribution in [0.1, 0.15) is 285 Å². The number of ether oxygens (including phenoxy) is 4. The summed E-state index contributed by atoms with van der Waals surface area (Å²) in [6.45, 7) is 21.7. The van der Waals surface area contributed by atoms with Gasteiger partial charge in [-0.15, -0.1) is 0 Å². The fourth-order valence-corrected chi connectivity index (χ4v) is 9.67. The standard InChI is InChI=1S/C35H69NO5.C29H57NO4/c1-5-7-9-11-12-16-24-34(23-15-10-8-6-2)33(3)40-31-20-14-13-17-26-36(27-18-19-29-37)28-25-35(38)41-32-22-21-30-39-4;1-3-5-7-9-10-14-21-28(20-13-8-6-4-2)29(33)34-27-18-12-11-15-22-30(24-19-26-32)23-16-17-25-31/h34,37H,3,5-32H2,1-2,4H3;26,28,31H,3-25,27H2,1-2H3. The summed E-state index contributed by atoms with van der Waals surface area (Å²) in [5.41, 5.74) is 0. The summed E-state index contributed by atoms with van der Waals surface area (Å²) in [7, 11) is 1.69. The smallest absolute Gasteiger partial charge is 0.308 e. The molecule has 11 heteroatoms. The monoisotopic (exact) mass is 1070 g/mol. The van der Waals surface area contributed by atoms with Crippen molar-refractivity contribution in [2.75, 3.05) is 86.0 Å². The second kappa shape index (κ2) is 62.8. The molecular formula is C64H126N2O9. The lowest BCUT2D eigenvalue weighted by Crippen LogP contribution is -2.29. The number of hydrogen-bond acceptors (Lipinski definition) is 11. The molecule has 75 heavy (non-hydrogen) atoms. The summed E-state index contributed by atoms with van der Waals surface area (Å²) in [6.07, 6.45) is 46.2. The Hall–Kier alpha value is -2.05. The fraction of sp³-hybridized carbons (Fsp3) is 0.922. The molecule has 0 aliphatic rings. The lowest BCUT2D eigenvalue weighted by atomic mass is 9.93. The molecule has 0 aromatic carbocycles. The summed E-state index contributed by atoms with van der Waals surface area (Å²) < 4.78 is 22.3. The molecule has 0 radical (unpaired) electrons. The van der Waals surface area contributed by atoms with Gasteiger partial charge in [-0.25, -0.2) is 0 Å². The first-order valence-electron chi connectivity index (χ1n) is 32.0. The quantitative estimate of drug-likeness (QED) is 0.0261. The van der Waals surface area contributed by atoms with Gasteiger partial charge < -0.3 is 43.8 Å². The molecule has 446 valence electrons. The number of hydrogen-bond donors (Lipinski definition) is 2. The van der Waals surface area contributed by atoms with Gasteiger partial charge in [-0.1, -0.05) is 188 Å². The largest absolute Gasteiger partial charge is 0.498 e. The van der Waals surface area contributed by atoms with Gasteiger partial charge in [0.15, 0.2) is 0 Å². The maximum atomic E-state index is 12.7. The van der Waals surface area contributed by atoms with Gasteiger partial charge in [0.1, 0.15) is 6.29 Å². The number of methoxy groups -OCH3 is 1. The molecule has 0 aromatic rings. The Morgan fingerprint density at radius 3 is 1.25 bits per heavy atom. The van der Waals surface area contributed by atoms with Crippen molar-refractivity contribution in [2.24, 2.45) is 11.8 Å². The molecule has 2 unspecified atom stereocenters. The van der Waals surface area contributed by atoms with Crippen LogP contribution in [0.5, 0.6) is 0 Å². The molecule has 0 fully saturated rings. The molecule has 0 aliphatic carbocycles. The minimum absolute atomic E-state index is 0.0361. The molecule has 0 saturated carbocycles. The normalized spacial score (nSPS) is 12.2. The molecule has 0 amide bonds. The number of unbranched alkanes of at least 4 members (excludes halogenated alkanes) is 25. The summed E-state index contributed by atoms with van der Waals surface area (Å²) >= 11 is 0. The Kier molecular flexibility index (Phi) is 62.8. The number of aldehydes is 1. The van der Waals surface area contributed by atoms with Crippen molar-refractivity contribution in [3.05, 3.63) is 12.3 Å². The summed E-state index contributed by atoms with van der Waals surface area (Å²) in [6, 6.07) is 0. The maximum Gasteiger partial charge on any atom is 0.308 e. The highest BCUT2D eigenvalue weighted by atomic mass is 16.5. The number of esters is 2. The van der Waals surface area contributed by atoms with E-state index in [4.69, 9.17) is 29.2 Å². The van der Waals surface area contributed by atoms with Crippen LogP contribution in [0, 0.1) is 11.8 Å². The van der Waals surface area contributed by atoms with E-state index >= 15 is 0 Å². The van der Waals surface area contributed by atoms with Crippen LogP contribution in [0.3, 0.4) is 0 Å². The van der Waals surface area contributed by atoms with Crippen molar-refractivity contribution in [3.8, 4) is 0 Å². The molecule has 0 heterocycles. The van der Waals surface area contributed by atoms with Crippen LogP contribution in [0.15, 0.2) is 12.3 Å². The van der Waals surface area contributed by atoms with Crippen molar-refractivity contribution in [1.29, 1.82) is 0 Å². The second-order valence-corrected chi connectivity index (χ2v) is 21.7. The van der Waals surface area contributed by atoms with Gasteiger partial charge in [-0.3, -0.25) is 9.59 Å². The van der Waals surface area contributed by atoms with Crippen LogP contribution in [0.4, 0.5) is 0 Å². The lowest BCUT2D eigenvalue weighted by Gasteiger charge is -2.22. The molecule has 0 aliphatic heterocycles. The predicted molar refractivity (Wildman–Crippen MR) is 316 cm³/mol. The molecule has 2 N–H and O–H groups in total. The number of aliphatic hydroxyl groups is 2. The first kappa shape index (κ1) is 75.0. The van der Waals surface area contributed by atoms with E-state index in [-0.39, 0.29) is 31.1 Å². The minimum atomic E-state index is -0.118. The van der Waals surface area contributed by atoms with E-state index in [0.717, 1.165) is 173 Å². The number of rotatable bonds is 60. The molecule has 0 saturated heterocycles. The van der Waals surface area contributed by atoms with Gasteiger partial charge in [0.05, 0.1) is 37.9 Å². The van der Waals surface area contributed by atoms with Crippen LogP contribution in [-0.4, -0.2) is 124 Å². The van der Waals surface area contributed by atoms with Crippen LogP contribution in [0.2, 0.25) is 0 Å². The van der Waals surface area contributed by atoms with E-state index in [0.29, 0.717) is 38.6 Å². The van der Waals surface area contributed by atoms with E-state index in [1.165, 1.54) is 128 Å². The highest BCUT2D eigenvalue weighted by Crippen LogP contribution is 2.26. The number of aliphatic hydroxyl groups excluding tert-OH is 2. The number of carbonyl (C=O) groups is 3. The molecular weight excluding hydrogens is 941 g/mol. The average Bonchev–Trinajstić information content (AvgIpc) is 3.41. The third-order valence-corrected chi connectivity index (χ3v) is 14.6. The molecule has 0 aromatic heterocycles. The van der Waals surface area contributed by atoms with Crippen LogP contribution in [0.25, 0.3) is 0 Å². The number of allylic oxidation sites excluding steroid dienone is 1. The van der Waals surface area contributed by atoms with E-state index < -0.39 is 0 Å². The molecule has 0 spiro atoms. The zero-order valence-electron chi connectivity index (χ0n) is 50.4. The molecule has 2 atom stereocenters. The van der Waals surface area contributed by atoms with Crippen molar-refractivity contribution in [3.63, 3.8) is 0 Å². The first-order chi connectivity index (χ1) is 36.8. The van der Waals surface area contributed by atoms with Gasteiger partial charge in [-0.05, 0) is 116 Å². The second-order valence-electron chi connectivity index (χ2n) is 21.7. The average molecular weight is 1070 g/mol. The van der Waals surface area contributed by atoms with Crippen molar-refractivity contribution < 1.29 is 43.5 Å². The van der Waals surface area contributed by atoms with Gasteiger partial charge in [0.2, 0.25) is 0 Å². The maximum absolute atomic E-state index is 12.7. The van der Waals surface area contributed by atoms with Gasteiger partial charge in [-0.2, -0.15) is 0 Å². The van der Waals surface area contributed by atoms with Crippen LogP contribution >= 0.6 is 0 Å². The van der Waals surface area contributed by atoms with Crippen molar-refractivity contribution in [2.45, 2.75) is 285 Å². The van der Waals surface area contributed by atoms with E-state index in [2.05, 4.69) is 44.1 Å². The van der Waals surface area contributed by atoms with Crippen molar-refractivity contribution in [1.82, 2.24) is 9.80 Å². The Bertz CT molecular complexity index is 1190. The van der Waals surface area contributed by atoms with E-state index in [1.54, 1.807) is 7.11 Å². The SMILES string of the molecule is C=C(OCCCCCCN(CCCCO)CCC(=O)OCCCCOC)C(CCCCCC)CCCCCCCC.CCCCCCCCC(CCCCCC)C(=O)OCCCCCCN(CCC=O)CCCCO. The fourth-order valence-electron chi connectivity index (χ4n) is 9.67. The zero-order chi connectivity index (χ0) is 55.3. The highest BCUT2D eigenvalue weighted by molar-refractivity contribution is 5.72. The summed E-state index contributed by atoms with van der Waals surface area (Å²) in [5, 5.41) is 18.1. The Balaban J connectivity index is 0. The minimum Gasteiger partial charge on any atom is -0.498 e. The molecule has 11 nitrogen and oxygen atoms in total.